The number of hydrogen-bond donors (Lipinski definition) is 1. The minimum absolute atomic E-state index is 0.129. The molecule has 0 aliphatic rings. The van der Waals surface area contributed by atoms with Gasteiger partial charge in [0.1, 0.15) is 0 Å². The zero-order chi connectivity index (χ0) is 18.6. The van der Waals surface area contributed by atoms with E-state index in [1.54, 1.807) is 49.2 Å². The van der Waals surface area contributed by atoms with Gasteiger partial charge < -0.3 is 0 Å². The highest BCUT2D eigenvalue weighted by molar-refractivity contribution is 6.20. The van der Waals surface area contributed by atoms with Crippen LogP contribution in [-0.2, 0) is 6.18 Å². The molecular formula is C18H17ClF3N3. The average Bonchev–Trinajstić information content (AvgIpc) is 2.58. The van der Waals surface area contributed by atoms with Crippen LogP contribution < -0.4 is 10.4 Å². The van der Waals surface area contributed by atoms with E-state index in [0.29, 0.717) is 11.3 Å². The normalized spacial score (nSPS) is 13.8. The first-order valence-electron chi connectivity index (χ1n) is 7.59. The molecule has 0 amide bonds. The standard InChI is InChI=1S/C18H17ClF3N3/c1-12(16-5-3-4-6-17(16)18(20,21)22)25(24-13(2)19)15-9-7-14(11-23)8-10-15/h3-10,12-13,24H,1-2H3. The quantitative estimate of drug-likeness (QED) is 0.446. The van der Waals surface area contributed by atoms with Gasteiger partial charge in [0, 0.05) is 0 Å². The molecule has 3 nitrogen and oxygen atoms in total. The maximum Gasteiger partial charge on any atom is 0.416 e. The SMILES string of the molecule is CC(Cl)NN(c1ccc(C#N)cc1)C(C)c1ccccc1C(F)(F)F. The molecule has 0 aliphatic carbocycles. The number of nitrogens with one attached hydrogen (secondary N) is 1. The molecule has 0 bridgehead atoms. The number of alkyl halides is 4. The van der Waals surface area contributed by atoms with Crippen molar-refractivity contribution in [1.29, 1.82) is 5.26 Å². The molecule has 2 aromatic rings. The summed E-state index contributed by atoms with van der Waals surface area (Å²) in [5, 5.41) is 10.5. The van der Waals surface area contributed by atoms with Crippen molar-refractivity contribution in [1.82, 2.24) is 5.43 Å². The molecule has 0 heterocycles. The first-order valence-corrected chi connectivity index (χ1v) is 8.03. The third-order valence-electron chi connectivity index (χ3n) is 3.70. The fourth-order valence-electron chi connectivity index (χ4n) is 2.56. The highest BCUT2D eigenvalue weighted by Crippen LogP contribution is 2.37. The van der Waals surface area contributed by atoms with Gasteiger partial charge in [-0.25, -0.2) is 5.43 Å². The van der Waals surface area contributed by atoms with Gasteiger partial charge in [-0.1, -0.05) is 18.2 Å². The first-order chi connectivity index (χ1) is 11.7. The Kier molecular flexibility index (Phi) is 5.93. The second-order valence-corrected chi connectivity index (χ2v) is 6.19. The number of nitrogens with zero attached hydrogens (tertiary/aromatic N) is 2. The van der Waals surface area contributed by atoms with Gasteiger partial charge in [0.2, 0.25) is 0 Å². The Bertz CT molecular complexity index is 751. The molecule has 0 saturated heterocycles. The van der Waals surface area contributed by atoms with Crippen molar-refractivity contribution >= 4 is 17.3 Å². The molecule has 2 rings (SSSR count). The van der Waals surface area contributed by atoms with E-state index in [4.69, 9.17) is 16.9 Å². The highest BCUT2D eigenvalue weighted by atomic mass is 35.5. The van der Waals surface area contributed by atoms with Crippen molar-refractivity contribution in [3.63, 3.8) is 0 Å². The summed E-state index contributed by atoms with van der Waals surface area (Å²) in [6, 6.07) is 13.3. The molecule has 25 heavy (non-hydrogen) atoms. The Morgan fingerprint density at radius 3 is 2.20 bits per heavy atom. The Labute approximate surface area is 149 Å². The van der Waals surface area contributed by atoms with Crippen LogP contribution in [0.3, 0.4) is 0 Å². The molecule has 0 spiro atoms. The molecule has 0 saturated carbocycles. The van der Waals surface area contributed by atoms with E-state index in [1.807, 2.05) is 6.07 Å². The van der Waals surface area contributed by atoms with Gasteiger partial charge in [0.15, 0.2) is 0 Å². The van der Waals surface area contributed by atoms with E-state index in [0.717, 1.165) is 6.07 Å². The van der Waals surface area contributed by atoms with Gasteiger partial charge >= 0.3 is 6.18 Å². The zero-order valence-electron chi connectivity index (χ0n) is 13.7. The highest BCUT2D eigenvalue weighted by Gasteiger charge is 2.35. The van der Waals surface area contributed by atoms with Crippen LogP contribution in [0, 0.1) is 11.3 Å². The first kappa shape index (κ1) is 19.1. The molecule has 2 unspecified atom stereocenters. The number of hydrogen-bond acceptors (Lipinski definition) is 3. The van der Waals surface area contributed by atoms with Crippen LogP contribution in [0.2, 0.25) is 0 Å². The molecule has 0 aromatic heterocycles. The van der Waals surface area contributed by atoms with Crippen molar-refractivity contribution in [2.45, 2.75) is 31.6 Å². The minimum atomic E-state index is -4.45. The zero-order valence-corrected chi connectivity index (χ0v) is 14.4. The Balaban J connectivity index is 2.46. The fraction of sp³-hybridized carbons (Fsp3) is 0.278. The fourth-order valence-corrected chi connectivity index (χ4v) is 2.66. The minimum Gasteiger partial charge on any atom is -0.300 e. The van der Waals surface area contributed by atoms with E-state index in [1.165, 1.54) is 12.1 Å². The number of nitriles is 1. The molecule has 2 atom stereocenters. The van der Waals surface area contributed by atoms with Crippen molar-refractivity contribution in [2.24, 2.45) is 0 Å². The van der Waals surface area contributed by atoms with Gasteiger partial charge in [-0.05, 0) is 49.7 Å². The second kappa shape index (κ2) is 7.77. The van der Waals surface area contributed by atoms with Gasteiger partial charge in [0.05, 0.1) is 34.4 Å². The van der Waals surface area contributed by atoms with Crippen LogP contribution >= 0.6 is 11.6 Å². The van der Waals surface area contributed by atoms with Gasteiger partial charge in [-0.15, -0.1) is 11.6 Å². The van der Waals surface area contributed by atoms with Crippen LogP contribution in [-0.4, -0.2) is 5.50 Å². The molecule has 2 aromatic carbocycles. The smallest absolute Gasteiger partial charge is 0.300 e. The lowest BCUT2D eigenvalue weighted by Crippen LogP contribution is -2.43. The van der Waals surface area contributed by atoms with Crippen molar-refractivity contribution in [2.75, 3.05) is 5.01 Å². The van der Waals surface area contributed by atoms with Crippen LogP contribution in [0.5, 0.6) is 0 Å². The van der Waals surface area contributed by atoms with Crippen LogP contribution in [0.4, 0.5) is 18.9 Å². The van der Waals surface area contributed by atoms with Crippen molar-refractivity contribution < 1.29 is 13.2 Å². The summed E-state index contributed by atoms with van der Waals surface area (Å²) >= 11 is 6.01. The maximum absolute atomic E-state index is 13.3. The summed E-state index contributed by atoms with van der Waals surface area (Å²) in [4.78, 5) is 0. The molecule has 1 N–H and O–H groups in total. The van der Waals surface area contributed by atoms with Crippen LogP contribution in [0.1, 0.15) is 36.6 Å². The number of halogens is 4. The van der Waals surface area contributed by atoms with Crippen LogP contribution in [0.15, 0.2) is 48.5 Å². The molecule has 0 radical (unpaired) electrons. The summed E-state index contributed by atoms with van der Waals surface area (Å²) in [6.45, 7) is 3.34. The summed E-state index contributed by atoms with van der Waals surface area (Å²) in [6.07, 6.45) is -4.45. The van der Waals surface area contributed by atoms with Crippen molar-refractivity contribution in [3.8, 4) is 6.07 Å². The summed E-state index contributed by atoms with van der Waals surface area (Å²) in [7, 11) is 0. The average molecular weight is 368 g/mol. The third kappa shape index (κ3) is 4.65. The van der Waals surface area contributed by atoms with Gasteiger partial charge in [0.25, 0.3) is 0 Å². The van der Waals surface area contributed by atoms with E-state index in [-0.39, 0.29) is 5.56 Å². The van der Waals surface area contributed by atoms with E-state index >= 15 is 0 Å². The summed E-state index contributed by atoms with van der Waals surface area (Å²) in [5.41, 5.74) is 2.97. The lowest BCUT2D eigenvalue weighted by atomic mass is 10.00. The largest absolute Gasteiger partial charge is 0.416 e. The maximum atomic E-state index is 13.3. The number of rotatable bonds is 5. The number of benzene rings is 2. The van der Waals surface area contributed by atoms with E-state index in [9.17, 15) is 13.2 Å². The predicted octanol–water partition coefficient (Wildman–Crippen LogP) is 5.23. The Morgan fingerprint density at radius 2 is 1.68 bits per heavy atom. The lowest BCUT2D eigenvalue weighted by molar-refractivity contribution is -0.138. The number of anilines is 1. The molecule has 132 valence electrons. The Hall–Kier alpha value is -2.23. The van der Waals surface area contributed by atoms with E-state index < -0.39 is 23.3 Å². The molecule has 0 fully saturated rings. The van der Waals surface area contributed by atoms with Gasteiger partial charge in [-0.3, -0.25) is 5.01 Å². The summed E-state index contributed by atoms with van der Waals surface area (Å²) in [5.74, 6) is 0. The monoisotopic (exact) mass is 367 g/mol. The Morgan fingerprint density at radius 1 is 1.08 bits per heavy atom. The molecule has 0 aliphatic heterocycles. The van der Waals surface area contributed by atoms with Crippen LogP contribution in [0.25, 0.3) is 0 Å². The lowest BCUT2D eigenvalue weighted by Gasteiger charge is -2.34. The van der Waals surface area contributed by atoms with Crippen molar-refractivity contribution in [3.05, 3.63) is 65.2 Å². The second-order valence-electron chi connectivity index (χ2n) is 5.53. The predicted molar refractivity (Wildman–Crippen MR) is 91.9 cm³/mol. The number of hydrazine groups is 1. The van der Waals surface area contributed by atoms with Gasteiger partial charge in [-0.2, -0.15) is 18.4 Å². The molecular weight excluding hydrogens is 351 g/mol. The topological polar surface area (TPSA) is 39.1 Å². The summed E-state index contributed by atoms with van der Waals surface area (Å²) < 4.78 is 40.0. The van der Waals surface area contributed by atoms with E-state index in [2.05, 4.69) is 5.43 Å². The third-order valence-corrected chi connectivity index (χ3v) is 3.79. The molecule has 7 heteroatoms.